The van der Waals surface area contributed by atoms with Gasteiger partial charge in [-0.25, -0.2) is 10.4 Å². The maximum Gasteiger partial charge on any atom is 0.0301 e. The summed E-state index contributed by atoms with van der Waals surface area (Å²) in [5, 5.41) is 2.36. The first-order valence-corrected chi connectivity index (χ1v) is 5.22. The predicted octanol–water partition coefficient (Wildman–Crippen LogP) is 0.249. The van der Waals surface area contributed by atoms with Crippen molar-refractivity contribution in [2.75, 3.05) is 6.54 Å². The van der Waals surface area contributed by atoms with Crippen molar-refractivity contribution in [1.29, 1.82) is 0 Å². The Morgan fingerprint density at radius 1 is 1.15 bits per heavy atom. The average molecular weight is 184 g/mol. The van der Waals surface area contributed by atoms with Gasteiger partial charge < -0.3 is 0 Å². The molecule has 4 heteroatoms. The van der Waals surface area contributed by atoms with Crippen LogP contribution >= 0.6 is 0 Å². The average Bonchev–Trinajstić information content (AvgIpc) is 2.30. The number of nitrogens with one attached hydrogen (secondary N) is 3. The zero-order valence-electron chi connectivity index (χ0n) is 8.67. The summed E-state index contributed by atoms with van der Waals surface area (Å²) in [6.07, 6.45) is 1.30. The number of hydrazine groups is 3. The fourth-order valence-corrected chi connectivity index (χ4v) is 2.41. The van der Waals surface area contributed by atoms with Crippen LogP contribution in [0.15, 0.2) is 0 Å². The van der Waals surface area contributed by atoms with E-state index in [0.717, 1.165) is 12.5 Å². The van der Waals surface area contributed by atoms with E-state index in [1.807, 2.05) is 0 Å². The third-order valence-corrected chi connectivity index (χ3v) is 3.59. The van der Waals surface area contributed by atoms with Crippen LogP contribution in [0.25, 0.3) is 0 Å². The second-order valence-electron chi connectivity index (χ2n) is 4.52. The molecule has 0 aromatic carbocycles. The lowest BCUT2D eigenvalue weighted by Gasteiger charge is -2.28. The van der Waals surface area contributed by atoms with Crippen molar-refractivity contribution in [1.82, 2.24) is 21.5 Å². The number of fused-ring (bicyclic) bond motifs is 1. The largest absolute Gasteiger partial charge is 0.243 e. The topological polar surface area (TPSA) is 39.3 Å². The van der Waals surface area contributed by atoms with Gasteiger partial charge in [0.25, 0.3) is 0 Å². The van der Waals surface area contributed by atoms with Crippen molar-refractivity contribution >= 4 is 0 Å². The molecule has 76 valence electrons. The molecular weight excluding hydrogens is 164 g/mol. The Balaban J connectivity index is 2.11. The monoisotopic (exact) mass is 184 g/mol. The van der Waals surface area contributed by atoms with E-state index in [0.29, 0.717) is 18.0 Å². The van der Waals surface area contributed by atoms with Gasteiger partial charge in [0.1, 0.15) is 0 Å². The smallest absolute Gasteiger partial charge is 0.0301 e. The first kappa shape index (κ1) is 9.40. The number of rotatable bonds is 0. The minimum atomic E-state index is 0.625. The lowest BCUT2D eigenvalue weighted by atomic mass is 9.96. The van der Waals surface area contributed by atoms with Gasteiger partial charge in [0.05, 0.1) is 0 Å². The van der Waals surface area contributed by atoms with E-state index in [1.165, 1.54) is 6.42 Å². The van der Waals surface area contributed by atoms with Gasteiger partial charge in [-0.2, -0.15) is 11.1 Å². The highest BCUT2D eigenvalue weighted by Crippen LogP contribution is 2.31. The molecule has 2 rings (SSSR count). The summed E-state index contributed by atoms with van der Waals surface area (Å²) in [5.74, 6) is 1.50. The van der Waals surface area contributed by atoms with E-state index in [-0.39, 0.29) is 0 Å². The highest BCUT2D eigenvalue weighted by atomic mass is 15.8. The Bertz CT molecular complexity index is 184. The van der Waals surface area contributed by atoms with Crippen LogP contribution in [0, 0.1) is 11.8 Å². The molecule has 0 amide bonds. The Morgan fingerprint density at radius 3 is 2.69 bits per heavy atom. The summed E-state index contributed by atoms with van der Waals surface area (Å²) in [6, 6.07) is 1.30. The molecule has 2 fully saturated rings. The van der Waals surface area contributed by atoms with Crippen LogP contribution in [0.2, 0.25) is 0 Å². The molecule has 0 aliphatic carbocycles. The lowest BCUT2D eigenvalue weighted by molar-refractivity contribution is 0.0834. The Morgan fingerprint density at radius 2 is 1.92 bits per heavy atom. The van der Waals surface area contributed by atoms with Gasteiger partial charge in [0.2, 0.25) is 0 Å². The van der Waals surface area contributed by atoms with E-state index in [1.54, 1.807) is 0 Å². The lowest BCUT2D eigenvalue weighted by Crippen LogP contribution is -2.53. The van der Waals surface area contributed by atoms with Crippen LogP contribution in [-0.4, -0.2) is 23.6 Å². The van der Waals surface area contributed by atoms with Crippen molar-refractivity contribution in [2.24, 2.45) is 11.8 Å². The number of hydrogen-bond donors (Lipinski definition) is 3. The molecule has 2 aliphatic rings. The van der Waals surface area contributed by atoms with Crippen LogP contribution in [0.1, 0.15) is 27.2 Å². The van der Waals surface area contributed by atoms with Crippen molar-refractivity contribution in [3.63, 3.8) is 0 Å². The van der Waals surface area contributed by atoms with Crippen molar-refractivity contribution in [3.8, 4) is 0 Å². The number of nitrogens with zero attached hydrogens (tertiary/aromatic N) is 1. The van der Waals surface area contributed by atoms with E-state index in [2.05, 4.69) is 42.3 Å². The zero-order valence-corrected chi connectivity index (χ0v) is 8.67. The van der Waals surface area contributed by atoms with E-state index in [9.17, 15) is 0 Å². The predicted molar refractivity (Wildman–Crippen MR) is 52.3 cm³/mol. The molecule has 4 unspecified atom stereocenters. The van der Waals surface area contributed by atoms with Gasteiger partial charge in [0, 0.05) is 18.6 Å². The third kappa shape index (κ3) is 1.59. The summed E-state index contributed by atoms with van der Waals surface area (Å²) >= 11 is 0. The first-order valence-electron chi connectivity index (χ1n) is 5.22. The molecule has 4 atom stereocenters. The van der Waals surface area contributed by atoms with Gasteiger partial charge in [-0.15, -0.1) is 0 Å². The third-order valence-electron chi connectivity index (χ3n) is 3.59. The molecule has 0 radical (unpaired) electrons. The van der Waals surface area contributed by atoms with Crippen LogP contribution < -0.4 is 16.5 Å². The standard InChI is InChI=1S/C9H20N4/c1-6-4-9-7(2)5-10-11-12-13(9)8(6)3/h6-12H,4-5H2,1-3H3. The Labute approximate surface area is 80.0 Å². The Kier molecular flexibility index (Phi) is 2.55. The summed E-state index contributed by atoms with van der Waals surface area (Å²) in [4.78, 5) is 0. The minimum Gasteiger partial charge on any atom is -0.243 e. The molecule has 0 aromatic rings. The molecule has 0 spiro atoms. The molecule has 0 bridgehead atoms. The first-order chi connectivity index (χ1) is 6.20. The molecule has 4 nitrogen and oxygen atoms in total. The van der Waals surface area contributed by atoms with Crippen LogP contribution in [-0.2, 0) is 0 Å². The van der Waals surface area contributed by atoms with Gasteiger partial charge in [-0.05, 0) is 25.2 Å². The van der Waals surface area contributed by atoms with Crippen molar-refractivity contribution < 1.29 is 0 Å². The molecule has 2 heterocycles. The number of hydrogen-bond acceptors (Lipinski definition) is 4. The van der Waals surface area contributed by atoms with E-state index < -0.39 is 0 Å². The molecule has 13 heavy (non-hydrogen) atoms. The van der Waals surface area contributed by atoms with Crippen LogP contribution in [0.5, 0.6) is 0 Å². The molecule has 2 saturated heterocycles. The maximum atomic E-state index is 3.23. The van der Waals surface area contributed by atoms with Crippen LogP contribution in [0.4, 0.5) is 0 Å². The normalized spacial score (nSPS) is 47.3. The molecule has 2 aliphatic heterocycles. The van der Waals surface area contributed by atoms with Gasteiger partial charge >= 0.3 is 0 Å². The fourth-order valence-electron chi connectivity index (χ4n) is 2.41. The van der Waals surface area contributed by atoms with E-state index >= 15 is 0 Å². The molecule has 3 N–H and O–H groups in total. The second kappa shape index (κ2) is 3.53. The second-order valence-corrected chi connectivity index (χ2v) is 4.52. The van der Waals surface area contributed by atoms with Gasteiger partial charge in [0.15, 0.2) is 0 Å². The highest BCUT2D eigenvalue weighted by Gasteiger charge is 2.39. The molecule has 0 saturated carbocycles. The maximum absolute atomic E-state index is 3.23. The SMILES string of the molecule is CC1CC2C(C)CNNNN2C1C. The summed E-state index contributed by atoms with van der Waals surface area (Å²) < 4.78 is 0. The zero-order chi connectivity index (χ0) is 9.42. The van der Waals surface area contributed by atoms with Crippen molar-refractivity contribution in [3.05, 3.63) is 0 Å². The summed E-state index contributed by atoms with van der Waals surface area (Å²) in [7, 11) is 0. The van der Waals surface area contributed by atoms with Crippen LogP contribution in [0.3, 0.4) is 0 Å². The molecular formula is C9H20N4. The summed E-state index contributed by atoms with van der Waals surface area (Å²) in [6.45, 7) is 7.97. The fraction of sp³-hybridized carbons (Fsp3) is 1.00. The quantitative estimate of drug-likeness (QED) is 0.504. The summed E-state index contributed by atoms with van der Waals surface area (Å²) in [5.41, 5.74) is 9.41. The molecule has 0 aromatic heterocycles. The van der Waals surface area contributed by atoms with Gasteiger partial charge in [-0.3, -0.25) is 0 Å². The Hall–Kier alpha value is -0.160. The van der Waals surface area contributed by atoms with Gasteiger partial charge in [-0.1, -0.05) is 13.8 Å². The highest BCUT2D eigenvalue weighted by molar-refractivity contribution is 4.91. The van der Waals surface area contributed by atoms with E-state index in [4.69, 9.17) is 0 Å². The minimum absolute atomic E-state index is 0.625. The van der Waals surface area contributed by atoms with Crippen molar-refractivity contribution in [2.45, 2.75) is 39.3 Å².